The molecule has 0 atom stereocenters. The van der Waals surface area contributed by atoms with Crippen LogP contribution in [0.25, 0.3) is 0 Å². The van der Waals surface area contributed by atoms with Crippen molar-refractivity contribution in [1.82, 2.24) is 5.32 Å². The lowest BCUT2D eigenvalue weighted by Gasteiger charge is -2.26. The Bertz CT molecular complexity index is 132. The average molecular weight is 153 g/mol. The molecule has 0 spiro atoms. The van der Waals surface area contributed by atoms with Gasteiger partial charge in [-0.15, -0.1) is 0 Å². The fourth-order valence-corrected chi connectivity index (χ4v) is 2.07. The molecule has 2 aliphatic carbocycles. The number of nitrogens with one attached hydrogen (secondary N) is 1. The second-order valence-corrected chi connectivity index (χ2v) is 4.54. The normalized spacial score (nSPS) is 30.3. The standard InChI is InChI=1S/C10H19N/c1-10(7-8-10)11-9-5-3-2-4-6-9/h9,11H,2-8H2,1H3. The zero-order valence-corrected chi connectivity index (χ0v) is 7.53. The Labute approximate surface area is 69.6 Å². The monoisotopic (exact) mass is 153 g/mol. The van der Waals surface area contributed by atoms with Crippen molar-refractivity contribution >= 4 is 0 Å². The van der Waals surface area contributed by atoms with Crippen molar-refractivity contribution in [3.05, 3.63) is 0 Å². The number of hydrogen-bond acceptors (Lipinski definition) is 1. The number of hydrogen-bond donors (Lipinski definition) is 1. The van der Waals surface area contributed by atoms with Crippen molar-refractivity contribution < 1.29 is 0 Å². The Balaban J connectivity index is 1.76. The van der Waals surface area contributed by atoms with E-state index in [2.05, 4.69) is 12.2 Å². The van der Waals surface area contributed by atoms with Crippen LogP contribution in [-0.4, -0.2) is 11.6 Å². The zero-order valence-electron chi connectivity index (χ0n) is 7.53. The summed E-state index contributed by atoms with van der Waals surface area (Å²) in [6.45, 7) is 2.36. The second kappa shape index (κ2) is 2.78. The Morgan fingerprint density at radius 3 is 2.27 bits per heavy atom. The minimum atomic E-state index is 0.558. The van der Waals surface area contributed by atoms with Crippen LogP contribution in [0.3, 0.4) is 0 Å². The van der Waals surface area contributed by atoms with Gasteiger partial charge in [0.15, 0.2) is 0 Å². The molecular formula is C10H19N. The van der Waals surface area contributed by atoms with Crippen molar-refractivity contribution in [3.63, 3.8) is 0 Å². The summed E-state index contributed by atoms with van der Waals surface area (Å²) in [5.41, 5.74) is 0.558. The molecule has 1 heteroatoms. The maximum absolute atomic E-state index is 3.77. The summed E-state index contributed by atoms with van der Waals surface area (Å²) in [6, 6.07) is 0.858. The van der Waals surface area contributed by atoms with Gasteiger partial charge in [-0.2, -0.15) is 0 Å². The maximum atomic E-state index is 3.77. The van der Waals surface area contributed by atoms with Crippen LogP contribution in [0, 0.1) is 0 Å². The molecule has 11 heavy (non-hydrogen) atoms. The predicted octanol–water partition coefficient (Wildman–Crippen LogP) is 2.46. The molecule has 2 fully saturated rings. The van der Waals surface area contributed by atoms with Crippen LogP contribution in [0.2, 0.25) is 0 Å². The van der Waals surface area contributed by atoms with Crippen LogP contribution < -0.4 is 5.32 Å². The van der Waals surface area contributed by atoms with Gasteiger partial charge in [0.2, 0.25) is 0 Å². The Morgan fingerprint density at radius 2 is 1.73 bits per heavy atom. The van der Waals surface area contributed by atoms with E-state index >= 15 is 0 Å². The summed E-state index contributed by atoms with van der Waals surface area (Å²) in [7, 11) is 0. The molecule has 1 nitrogen and oxygen atoms in total. The van der Waals surface area contributed by atoms with Gasteiger partial charge < -0.3 is 5.32 Å². The van der Waals surface area contributed by atoms with Crippen molar-refractivity contribution in [2.45, 2.75) is 63.5 Å². The van der Waals surface area contributed by atoms with E-state index in [0.29, 0.717) is 5.54 Å². The Hall–Kier alpha value is -0.0400. The predicted molar refractivity (Wildman–Crippen MR) is 47.6 cm³/mol. The van der Waals surface area contributed by atoms with Gasteiger partial charge in [-0.05, 0) is 32.6 Å². The number of rotatable bonds is 2. The van der Waals surface area contributed by atoms with E-state index in [1.807, 2.05) is 0 Å². The Kier molecular flexibility index (Phi) is 1.92. The second-order valence-electron chi connectivity index (χ2n) is 4.54. The topological polar surface area (TPSA) is 12.0 Å². The lowest BCUT2D eigenvalue weighted by atomic mass is 9.95. The molecule has 2 rings (SSSR count). The average Bonchev–Trinajstić information content (AvgIpc) is 2.70. The highest BCUT2D eigenvalue weighted by molar-refractivity contribution is 4.99. The summed E-state index contributed by atoms with van der Waals surface area (Å²) in [5, 5.41) is 3.77. The third kappa shape index (κ3) is 1.96. The molecule has 0 aromatic heterocycles. The molecule has 0 aromatic rings. The quantitative estimate of drug-likeness (QED) is 0.642. The summed E-state index contributed by atoms with van der Waals surface area (Å²) < 4.78 is 0. The van der Waals surface area contributed by atoms with Gasteiger partial charge in [-0.1, -0.05) is 19.3 Å². The summed E-state index contributed by atoms with van der Waals surface area (Å²) in [6.07, 6.45) is 10.0. The van der Waals surface area contributed by atoms with Crippen molar-refractivity contribution in [1.29, 1.82) is 0 Å². The van der Waals surface area contributed by atoms with Crippen LogP contribution in [-0.2, 0) is 0 Å². The fourth-order valence-electron chi connectivity index (χ4n) is 2.07. The van der Waals surface area contributed by atoms with Crippen LogP contribution in [0.1, 0.15) is 51.9 Å². The highest BCUT2D eigenvalue weighted by Crippen LogP contribution is 2.36. The lowest BCUT2D eigenvalue weighted by molar-refractivity contribution is 0.336. The minimum absolute atomic E-state index is 0.558. The molecule has 1 N–H and O–H groups in total. The van der Waals surface area contributed by atoms with Crippen molar-refractivity contribution in [2.24, 2.45) is 0 Å². The van der Waals surface area contributed by atoms with Gasteiger partial charge in [0.1, 0.15) is 0 Å². The van der Waals surface area contributed by atoms with Crippen LogP contribution in [0.5, 0.6) is 0 Å². The lowest BCUT2D eigenvalue weighted by Crippen LogP contribution is -2.39. The minimum Gasteiger partial charge on any atom is -0.309 e. The van der Waals surface area contributed by atoms with Crippen LogP contribution >= 0.6 is 0 Å². The molecule has 2 aliphatic rings. The van der Waals surface area contributed by atoms with Crippen LogP contribution in [0.15, 0.2) is 0 Å². The van der Waals surface area contributed by atoms with E-state index in [0.717, 1.165) is 6.04 Å². The van der Waals surface area contributed by atoms with E-state index in [9.17, 15) is 0 Å². The fraction of sp³-hybridized carbons (Fsp3) is 1.00. The van der Waals surface area contributed by atoms with Crippen LogP contribution in [0.4, 0.5) is 0 Å². The van der Waals surface area contributed by atoms with Gasteiger partial charge in [0.05, 0.1) is 0 Å². The first-order valence-electron chi connectivity index (χ1n) is 5.06. The van der Waals surface area contributed by atoms with Crippen molar-refractivity contribution in [3.8, 4) is 0 Å². The molecule has 2 saturated carbocycles. The highest BCUT2D eigenvalue weighted by atomic mass is 15.0. The van der Waals surface area contributed by atoms with E-state index < -0.39 is 0 Å². The van der Waals surface area contributed by atoms with E-state index in [1.165, 1.54) is 44.9 Å². The first-order valence-corrected chi connectivity index (χ1v) is 5.06. The largest absolute Gasteiger partial charge is 0.309 e. The summed E-state index contributed by atoms with van der Waals surface area (Å²) in [4.78, 5) is 0. The third-order valence-corrected chi connectivity index (χ3v) is 3.16. The summed E-state index contributed by atoms with van der Waals surface area (Å²) in [5.74, 6) is 0. The van der Waals surface area contributed by atoms with Gasteiger partial charge in [0.25, 0.3) is 0 Å². The molecule has 0 radical (unpaired) electrons. The molecular weight excluding hydrogens is 134 g/mol. The zero-order chi connectivity index (χ0) is 7.73. The smallest absolute Gasteiger partial charge is 0.0157 e. The maximum Gasteiger partial charge on any atom is 0.0157 e. The van der Waals surface area contributed by atoms with Crippen molar-refractivity contribution in [2.75, 3.05) is 0 Å². The highest BCUT2D eigenvalue weighted by Gasteiger charge is 2.38. The van der Waals surface area contributed by atoms with E-state index in [4.69, 9.17) is 0 Å². The van der Waals surface area contributed by atoms with Gasteiger partial charge in [-0.25, -0.2) is 0 Å². The van der Waals surface area contributed by atoms with E-state index in [1.54, 1.807) is 0 Å². The molecule has 64 valence electrons. The molecule has 0 unspecified atom stereocenters. The van der Waals surface area contributed by atoms with E-state index in [-0.39, 0.29) is 0 Å². The molecule has 0 amide bonds. The molecule has 0 aromatic carbocycles. The SMILES string of the molecule is CC1(NC2CCCCC2)CC1. The first-order chi connectivity index (χ1) is 5.29. The van der Waals surface area contributed by atoms with Gasteiger partial charge >= 0.3 is 0 Å². The summed E-state index contributed by atoms with van der Waals surface area (Å²) >= 11 is 0. The Morgan fingerprint density at radius 1 is 1.09 bits per heavy atom. The molecule has 0 saturated heterocycles. The van der Waals surface area contributed by atoms with Gasteiger partial charge in [0, 0.05) is 11.6 Å². The molecule has 0 aliphatic heterocycles. The molecule has 0 bridgehead atoms. The third-order valence-electron chi connectivity index (χ3n) is 3.16. The van der Waals surface area contributed by atoms with Gasteiger partial charge in [-0.3, -0.25) is 0 Å². The first kappa shape index (κ1) is 7.60. The molecule has 0 heterocycles.